The van der Waals surface area contributed by atoms with E-state index in [0.29, 0.717) is 61.9 Å². The summed E-state index contributed by atoms with van der Waals surface area (Å²) in [5.41, 5.74) is 7.31. The maximum absolute atomic E-state index is 12.4. The molecule has 0 saturated carbocycles. The van der Waals surface area contributed by atoms with E-state index >= 15 is 0 Å². The van der Waals surface area contributed by atoms with Gasteiger partial charge in [-0.3, -0.25) is 9.59 Å². The zero-order valence-electron chi connectivity index (χ0n) is 23.4. The van der Waals surface area contributed by atoms with Crippen LogP contribution in [0.15, 0.2) is 12.5 Å². The van der Waals surface area contributed by atoms with Crippen LogP contribution in [0.2, 0.25) is 0 Å². The number of halogens is 1. The predicted molar refractivity (Wildman–Crippen MR) is 153 cm³/mol. The van der Waals surface area contributed by atoms with Gasteiger partial charge in [-0.15, -0.1) is 11.6 Å². The van der Waals surface area contributed by atoms with Crippen molar-refractivity contribution >= 4 is 40.3 Å². The van der Waals surface area contributed by atoms with E-state index in [1.807, 2.05) is 0 Å². The summed E-state index contributed by atoms with van der Waals surface area (Å²) in [6.45, 7) is 2.41. The number of unbranched alkanes of at least 4 members (excludes halogenated alkanes) is 3. The number of aliphatic hydroxyl groups is 2. The van der Waals surface area contributed by atoms with E-state index in [1.165, 1.54) is 6.33 Å². The van der Waals surface area contributed by atoms with Crippen LogP contribution in [0.3, 0.4) is 0 Å². The van der Waals surface area contributed by atoms with Gasteiger partial charge in [0, 0.05) is 56.6 Å². The van der Waals surface area contributed by atoms with Gasteiger partial charge in [0.25, 0.3) is 0 Å². The van der Waals surface area contributed by atoms with Crippen LogP contribution < -0.4 is 16.4 Å². The monoisotopic (exact) mass is 598 g/mol. The number of amides is 2. The number of aliphatic hydroxyl groups excluding tert-OH is 2. The molecule has 2 aromatic heterocycles. The first-order valence-electron chi connectivity index (χ1n) is 14.2. The second kappa shape index (κ2) is 18.1. The zero-order valence-corrected chi connectivity index (χ0v) is 24.2. The summed E-state index contributed by atoms with van der Waals surface area (Å²) in [5.74, 6) is 0.629. The standard InChI is InChI=1S/C27H43ClN6O7/c28-8-3-1-2-4-10-39-12-13-40-11-9-30-22(37)6-5-7-23(38)31-15-19-16-34(24-14-20(36)21(17-35)41-24)27-25(19)26(29)32-18-33-27/h16,18,20-21,24,35-36H,1-15,17H2,(H,30,37)(H,31,38)(H2,29,32,33)/t20?,21-,24-/m1/s1. The average molecular weight is 599 g/mol. The Hall–Kier alpha value is -2.55. The van der Waals surface area contributed by atoms with Gasteiger partial charge in [-0.25, -0.2) is 9.97 Å². The van der Waals surface area contributed by atoms with Crippen LogP contribution in [0, 0.1) is 0 Å². The summed E-state index contributed by atoms with van der Waals surface area (Å²) in [5, 5.41) is 25.8. The largest absolute Gasteiger partial charge is 0.394 e. The highest BCUT2D eigenvalue weighted by Gasteiger charge is 2.35. The lowest BCUT2D eigenvalue weighted by Gasteiger charge is -2.14. The fourth-order valence-electron chi connectivity index (χ4n) is 4.61. The topological polar surface area (TPSA) is 183 Å². The first kappa shape index (κ1) is 33.0. The van der Waals surface area contributed by atoms with Crippen LogP contribution in [0.25, 0.3) is 11.0 Å². The summed E-state index contributed by atoms with van der Waals surface area (Å²) in [4.78, 5) is 32.9. The molecular weight excluding hydrogens is 556 g/mol. The number of nitrogens with one attached hydrogen (secondary N) is 2. The molecule has 0 spiro atoms. The lowest BCUT2D eigenvalue weighted by Crippen LogP contribution is -2.28. The van der Waals surface area contributed by atoms with Gasteiger partial charge in [-0.1, -0.05) is 12.8 Å². The number of ether oxygens (including phenoxy) is 3. The summed E-state index contributed by atoms with van der Waals surface area (Å²) in [6, 6.07) is 0. The minimum atomic E-state index is -0.805. The number of hydrogen-bond donors (Lipinski definition) is 5. The second-order valence-electron chi connectivity index (χ2n) is 9.94. The molecular formula is C27H43ClN6O7. The number of hydrogen-bond acceptors (Lipinski definition) is 10. The second-order valence-corrected chi connectivity index (χ2v) is 10.3. The van der Waals surface area contributed by atoms with E-state index < -0.39 is 18.4 Å². The third-order valence-corrected chi connectivity index (χ3v) is 7.08. The summed E-state index contributed by atoms with van der Waals surface area (Å²) >= 11 is 5.65. The molecule has 1 saturated heterocycles. The summed E-state index contributed by atoms with van der Waals surface area (Å²) in [6.07, 6.45) is 6.48. The minimum absolute atomic E-state index is 0.137. The molecule has 14 heteroatoms. The fourth-order valence-corrected chi connectivity index (χ4v) is 4.80. The van der Waals surface area contributed by atoms with E-state index in [1.54, 1.807) is 10.8 Å². The van der Waals surface area contributed by atoms with E-state index in [2.05, 4.69) is 20.6 Å². The van der Waals surface area contributed by atoms with Gasteiger partial charge in [0.05, 0.1) is 37.9 Å². The molecule has 3 rings (SSSR count). The van der Waals surface area contributed by atoms with E-state index in [0.717, 1.165) is 25.7 Å². The van der Waals surface area contributed by atoms with Crippen molar-refractivity contribution in [2.24, 2.45) is 0 Å². The van der Waals surface area contributed by atoms with Crippen molar-refractivity contribution in [3.63, 3.8) is 0 Å². The highest BCUT2D eigenvalue weighted by Crippen LogP contribution is 2.34. The number of rotatable bonds is 20. The molecule has 1 aliphatic heterocycles. The molecule has 3 atom stereocenters. The molecule has 6 N–H and O–H groups in total. The Labute approximate surface area is 245 Å². The van der Waals surface area contributed by atoms with Crippen molar-refractivity contribution in [2.75, 3.05) is 51.2 Å². The predicted octanol–water partition coefficient (Wildman–Crippen LogP) is 1.39. The maximum Gasteiger partial charge on any atom is 0.220 e. The molecule has 0 aromatic carbocycles. The Morgan fingerprint density at radius 2 is 1.78 bits per heavy atom. The van der Waals surface area contributed by atoms with Gasteiger partial charge < -0.3 is 45.4 Å². The molecule has 0 bridgehead atoms. The third kappa shape index (κ3) is 10.7. The lowest BCUT2D eigenvalue weighted by molar-refractivity contribution is -0.122. The van der Waals surface area contributed by atoms with Crippen LogP contribution in [0.5, 0.6) is 0 Å². The lowest BCUT2D eigenvalue weighted by atomic mass is 10.2. The number of nitrogens with two attached hydrogens (primary N) is 1. The number of carbonyl (C=O) groups is 2. The maximum atomic E-state index is 12.4. The zero-order chi connectivity index (χ0) is 29.5. The van der Waals surface area contributed by atoms with E-state index in [-0.39, 0.29) is 50.0 Å². The first-order chi connectivity index (χ1) is 19.9. The SMILES string of the molecule is Nc1ncnc2c1c(CNC(=O)CCCC(=O)NCCOCCOCCCCCCCl)cn2[C@H]1CC(O)[C@@H](CO)O1. The number of alkyl halides is 1. The Morgan fingerprint density at radius 1 is 1.05 bits per heavy atom. The van der Waals surface area contributed by atoms with Gasteiger partial charge in [0.2, 0.25) is 11.8 Å². The molecule has 0 radical (unpaired) electrons. The summed E-state index contributed by atoms with van der Waals surface area (Å²) < 4.78 is 18.5. The van der Waals surface area contributed by atoms with Crippen molar-refractivity contribution in [3.8, 4) is 0 Å². The number of anilines is 1. The quantitative estimate of drug-likeness (QED) is 0.110. The molecule has 0 aliphatic carbocycles. The average Bonchev–Trinajstić information content (AvgIpc) is 3.53. The van der Waals surface area contributed by atoms with Crippen molar-refractivity contribution < 1.29 is 34.0 Å². The molecule has 3 heterocycles. The highest BCUT2D eigenvalue weighted by molar-refractivity contribution is 6.17. The molecule has 1 aliphatic rings. The van der Waals surface area contributed by atoms with Gasteiger partial charge in [-0.05, 0) is 19.3 Å². The van der Waals surface area contributed by atoms with Gasteiger partial charge in [0.1, 0.15) is 30.1 Å². The van der Waals surface area contributed by atoms with Crippen LogP contribution in [0.1, 0.15) is 63.2 Å². The number of nitrogen functional groups attached to an aromatic ring is 1. The molecule has 13 nitrogen and oxygen atoms in total. The Morgan fingerprint density at radius 3 is 2.51 bits per heavy atom. The van der Waals surface area contributed by atoms with Crippen LogP contribution in [-0.4, -0.2) is 94.2 Å². The van der Waals surface area contributed by atoms with Gasteiger partial charge in [-0.2, -0.15) is 0 Å². The number of nitrogens with zero attached hydrogens (tertiary/aromatic N) is 3. The van der Waals surface area contributed by atoms with Crippen molar-refractivity contribution in [3.05, 3.63) is 18.1 Å². The molecule has 1 fully saturated rings. The molecule has 230 valence electrons. The number of fused-ring (bicyclic) bond motifs is 1. The smallest absolute Gasteiger partial charge is 0.220 e. The first-order valence-corrected chi connectivity index (χ1v) is 14.8. The van der Waals surface area contributed by atoms with Crippen molar-refractivity contribution in [1.82, 2.24) is 25.2 Å². The fraction of sp³-hybridized carbons (Fsp3) is 0.704. The van der Waals surface area contributed by atoms with Gasteiger partial charge >= 0.3 is 0 Å². The van der Waals surface area contributed by atoms with Crippen LogP contribution in [-0.2, 0) is 30.3 Å². The van der Waals surface area contributed by atoms with E-state index in [9.17, 15) is 19.8 Å². The van der Waals surface area contributed by atoms with Crippen molar-refractivity contribution in [2.45, 2.75) is 76.3 Å². The Bertz CT molecular complexity index is 1090. The normalized spacial score (nSPS) is 18.7. The summed E-state index contributed by atoms with van der Waals surface area (Å²) in [7, 11) is 0. The minimum Gasteiger partial charge on any atom is -0.394 e. The van der Waals surface area contributed by atoms with Gasteiger partial charge in [0.15, 0.2) is 0 Å². The molecule has 41 heavy (non-hydrogen) atoms. The van der Waals surface area contributed by atoms with Crippen molar-refractivity contribution in [1.29, 1.82) is 0 Å². The highest BCUT2D eigenvalue weighted by atomic mass is 35.5. The van der Waals surface area contributed by atoms with Crippen LogP contribution >= 0.6 is 11.6 Å². The number of aromatic nitrogens is 3. The Balaban J connectivity index is 1.30. The molecule has 2 amide bonds. The molecule has 1 unspecified atom stereocenters. The Kier molecular flexibility index (Phi) is 14.5. The molecule has 2 aromatic rings. The number of carbonyl (C=O) groups excluding carboxylic acids is 2. The van der Waals surface area contributed by atoms with E-state index in [4.69, 9.17) is 31.5 Å². The van der Waals surface area contributed by atoms with Crippen LogP contribution in [0.4, 0.5) is 5.82 Å². The third-order valence-electron chi connectivity index (χ3n) is 6.81.